The van der Waals surface area contributed by atoms with Crippen LogP contribution in [0.15, 0.2) is 0 Å². The van der Waals surface area contributed by atoms with Gasteiger partial charge in [0, 0.05) is 25.8 Å². The van der Waals surface area contributed by atoms with Gasteiger partial charge in [-0.3, -0.25) is 0 Å². The Kier molecular flexibility index (Phi) is 5.73. The lowest BCUT2D eigenvalue weighted by molar-refractivity contribution is 0.0728. The molecule has 0 aliphatic heterocycles. The van der Waals surface area contributed by atoms with Crippen molar-refractivity contribution in [3.05, 3.63) is 0 Å². The molecule has 1 N–H and O–H groups in total. The molecule has 2 atom stereocenters. The topological polar surface area (TPSA) is 30.5 Å². The van der Waals surface area contributed by atoms with Gasteiger partial charge in [-0.25, -0.2) is 0 Å². The lowest BCUT2D eigenvalue weighted by atomic mass is 9.83. The van der Waals surface area contributed by atoms with Gasteiger partial charge in [-0.15, -0.1) is 0 Å². The lowest BCUT2D eigenvalue weighted by Crippen LogP contribution is -2.53. The predicted octanol–water partition coefficient (Wildman–Crippen LogP) is 2.21. The molecule has 0 aromatic heterocycles. The number of rotatable bonds is 6. The Morgan fingerprint density at radius 2 is 1.81 bits per heavy atom. The Balaban J connectivity index is 2.48. The van der Waals surface area contributed by atoms with Crippen LogP contribution in [0.4, 0.5) is 0 Å². The first-order chi connectivity index (χ1) is 7.59. The Hall–Kier alpha value is -0.120. The average molecular weight is 229 g/mol. The van der Waals surface area contributed by atoms with Gasteiger partial charge in [0.15, 0.2) is 0 Å². The third-order valence-electron chi connectivity index (χ3n) is 3.37. The smallest absolute Gasteiger partial charge is 0.0639 e. The second kappa shape index (κ2) is 6.58. The van der Waals surface area contributed by atoms with Crippen LogP contribution >= 0.6 is 0 Å². The summed E-state index contributed by atoms with van der Waals surface area (Å²) in [4.78, 5) is 0. The van der Waals surface area contributed by atoms with Gasteiger partial charge in [-0.05, 0) is 32.6 Å². The molecule has 1 fully saturated rings. The van der Waals surface area contributed by atoms with E-state index in [4.69, 9.17) is 9.47 Å². The standard InChI is InChI=1S/C13H27NO2/c1-13(2,10-16-4)14-12-8-6-5-7-11(12)9-15-3/h11-12,14H,5-10H2,1-4H3. The summed E-state index contributed by atoms with van der Waals surface area (Å²) in [5.41, 5.74) is 0.0583. The van der Waals surface area contributed by atoms with Crippen molar-refractivity contribution in [1.29, 1.82) is 0 Å². The summed E-state index contributed by atoms with van der Waals surface area (Å²) in [6, 6.07) is 0.582. The Morgan fingerprint density at radius 1 is 1.12 bits per heavy atom. The van der Waals surface area contributed by atoms with Crippen molar-refractivity contribution >= 4 is 0 Å². The van der Waals surface area contributed by atoms with Crippen LogP contribution in [0.3, 0.4) is 0 Å². The quantitative estimate of drug-likeness (QED) is 0.757. The fourth-order valence-electron chi connectivity index (χ4n) is 2.72. The molecule has 96 valence electrons. The number of nitrogens with one attached hydrogen (secondary N) is 1. The van der Waals surface area contributed by atoms with E-state index in [1.54, 1.807) is 14.2 Å². The van der Waals surface area contributed by atoms with Gasteiger partial charge >= 0.3 is 0 Å². The summed E-state index contributed by atoms with van der Waals surface area (Å²) in [5.74, 6) is 0.662. The summed E-state index contributed by atoms with van der Waals surface area (Å²) in [6.07, 6.45) is 5.23. The number of ether oxygens (including phenoxy) is 2. The van der Waals surface area contributed by atoms with Crippen molar-refractivity contribution in [2.75, 3.05) is 27.4 Å². The molecule has 0 saturated heterocycles. The van der Waals surface area contributed by atoms with Gasteiger partial charge in [-0.2, -0.15) is 0 Å². The van der Waals surface area contributed by atoms with Crippen LogP contribution < -0.4 is 5.32 Å². The summed E-state index contributed by atoms with van der Waals surface area (Å²) >= 11 is 0. The molecule has 1 aliphatic rings. The Bertz CT molecular complexity index is 192. The summed E-state index contributed by atoms with van der Waals surface area (Å²) in [5, 5.41) is 3.73. The van der Waals surface area contributed by atoms with Gasteiger partial charge in [0.1, 0.15) is 0 Å². The van der Waals surface area contributed by atoms with Gasteiger partial charge in [0.2, 0.25) is 0 Å². The molecule has 0 aromatic rings. The Labute approximate surface area is 99.9 Å². The summed E-state index contributed by atoms with van der Waals surface area (Å²) < 4.78 is 10.6. The van der Waals surface area contributed by atoms with Gasteiger partial charge in [0.25, 0.3) is 0 Å². The van der Waals surface area contributed by atoms with E-state index in [1.165, 1.54) is 25.7 Å². The third-order valence-corrected chi connectivity index (χ3v) is 3.37. The van der Waals surface area contributed by atoms with E-state index >= 15 is 0 Å². The molecule has 1 rings (SSSR count). The van der Waals surface area contributed by atoms with Crippen molar-refractivity contribution in [3.8, 4) is 0 Å². The van der Waals surface area contributed by atoms with E-state index in [0.717, 1.165) is 13.2 Å². The highest BCUT2D eigenvalue weighted by Gasteiger charge is 2.29. The lowest BCUT2D eigenvalue weighted by Gasteiger charge is -2.38. The maximum atomic E-state index is 5.31. The van der Waals surface area contributed by atoms with Crippen LogP contribution in [0.25, 0.3) is 0 Å². The number of hydrogen-bond acceptors (Lipinski definition) is 3. The van der Waals surface area contributed by atoms with E-state index in [-0.39, 0.29) is 5.54 Å². The van der Waals surface area contributed by atoms with Crippen molar-refractivity contribution in [3.63, 3.8) is 0 Å². The first kappa shape index (κ1) is 13.9. The fourth-order valence-corrected chi connectivity index (χ4v) is 2.72. The zero-order valence-corrected chi connectivity index (χ0v) is 11.2. The minimum absolute atomic E-state index is 0.0583. The first-order valence-electron chi connectivity index (χ1n) is 6.34. The van der Waals surface area contributed by atoms with Crippen molar-refractivity contribution in [2.45, 2.75) is 51.1 Å². The maximum absolute atomic E-state index is 5.31. The van der Waals surface area contributed by atoms with Crippen LogP contribution in [0.1, 0.15) is 39.5 Å². The normalized spacial score (nSPS) is 27.0. The van der Waals surface area contributed by atoms with Crippen LogP contribution in [-0.2, 0) is 9.47 Å². The van der Waals surface area contributed by atoms with Crippen LogP contribution in [0, 0.1) is 5.92 Å². The van der Waals surface area contributed by atoms with Crippen molar-refractivity contribution in [2.24, 2.45) is 5.92 Å². The molecule has 0 bridgehead atoms. The number of methoxy groups -OCH3 is 2. The minimum Gasteiger partial charge on any atom is -0.384 e. The highest BCUT2D eigenvalue weighted by Crippen LogP contribution is 2.26. The summed E-state index contributed by atoms with van der Waals surface area (Å²) in [6.45, 7) is 6.04. The molecule has 0 spiro atoms. The molecular weight excluding hydrogens is 202 g/mol. The van der Waals surface area contributed by atoms with Gasteiger partial charge in [0.05, 0.1) is 13.2 Å². The predicted molar refractivity (Wildman–Crippen MR) is 66.7 cm³/mol. The SMILES string of the molecule is COCC1CCCCC1NC(C)(C)COC. The second-order valence-electron chi connectivity index (χ2n) is 5.57. The molecule has 0 aromatic carbocycles. The molecule has 2 unspecified atom stereocenters. The van der Waals surface area contributed by atoms with Crippen LogP contribution in [-0.4, -0.2) is 39.0 Å². The molecule has 0 radical (unpaired) electrons. The molecule has 3 nitrogen and oxygen atoms in total. The molecule has 1 aliphatic carbocycles. The molecule has 16 heavy (non-hydrogen) atoms. The van der Waals surface area contributed by atoms with E-state index in [0.29, 0.717) is 12.0 Å². The minimum atomic E-state index is 0.0583. The largest absolute Gasteiger partial charge is 0.384 e. The van der Waals surface area contributed by atoms with E-state index in [1.807, 2.05) is 0 Å². The summed E-state index contributed by atoms with van der Waals surface area (Å²) in [7, 11) is 3.56. The zero-order chi connectivity index (χ0) is 12.0. The van der Waals surface area contributed by atoms with Crippen LogP contribution in [0.5, 0.6) is 0 Å². The fraction of sp³-hybridized carbons (Fsp3) is 1.00. The van der Waals surface area contributed by atoms with E-state index < -0.39 is 0 Å². The molecular formula is C13H27NO2. The first-order valence-corrected chi connectivity index (χ1v) is 6.34. The molecule has 1 saturated carbocycles. The number of hydrogen-bond donors (Lipinski definition) is 1. The van der Waals surface area contributed by atoms with Gasteiger partial charge in [-0.1, -0.05) is 12.8 Å². The zero-order valence-electron chi connectivity index (χ0n) is 11.2. The van der Waals surface area contributed by atoms with E-state index in [9.17, 15) is 0 Å². The van der Waals surface area contributed by atoms with Crippen molar-refractivity contribution in [1.82, 2.24) is 5.32 Å². The third kappa shape index (κ3) is 4.40. The van der Waals surface area contributed by atoms with E-state index in [2.05, 4.69) is 19.2 Å². The van der Waals surface area contributed by atoms with Crippen molar-refractivity contribution < 1.29 is 9.47 Å². The molecule has 0 heterocycles. The highest BCUT2D eigenvalue weighted by molar-refractivity contribution is 4.88. The van der Waals surface area contributed by atoms with Gasteiger partial charge < -0.3 is 14.8 Å². The average Bonchev–Trinajstić information content (AvgIpc) is 2.20. The highest BCUT2D eigenvalue weighted by atomic mass is 16.5. The monoisotopic (exact) mass is 229 g/mol. The maximum Gasteiger partial charge on any atom is 0.0639 e. The Morgan fingerprint density at radius 3 is 2.44 bits per heavy atom. The van der Waals surface area contributed by atoms with Crippen LogP contribution in [0.2, 0.25) is 0 Å². The molecule has 0 amide bonds. The molecule has 3 heteroatoms. The second-order valence-corrected chi connectivity index (χ2v) is 5.57.